The van der Waals surface area contributed by atoms with Crippen molar-refractivity contribution in [3.05, 3.63) is 101 Å². The topological polar surface area (TPSA) is 23.6 Å². The number of carbonyl (C=O) groups excluding carboxylic acids is 1. The standard InChI is InChI=1S/C26H28ClFN2O.C3H6.C2H6/c1-3-6-19(2)11-14-29-15-12-26(13-16-29)18-30(24-10-9-20(28)17-22(24)26)25(31)21-7-4-5-8-23(21)27;1-3-2;1-2/h3-10,17H,1,11-16,18H2,2H3;3H,1H2,2H3;1-2H3/b19-6+;;. The van der Waals surface area contributed by atoms with Crippen molar-refractivity contribution in [1.29, 1.82) is 0 Å². The summed E-state index contributed by atoms with van der Waals surface area (Å²) in [5, 5.41) is 0.440. The van der Waals surface area contributed by atoms with E-state index in [1.807, 2.05) is 39.0 Å². The zero-order chi connectivity index (χ0) is 26.7. The van der Waals surface area contributed by atoms with Gasteiger partial charge in [-0.1, -0.05) is 68.0 Å². The zero-order valence-electron chi connectivity index (χ0n) is 22.2. The highest BCUT2D eigenvalue weighted by Crippen LogP contribution is 2.48. The van der Waals surface area contributed by atoms with Crippen LogP contribution in [-0.2, 0) is 5.41 Å². The predicted octanol–water partition coefficient (Wildman–Crippen LogP) is 8.21. The van der Waals surface area contributed by atoms with E-state index in [1.165, 1.54) is 11.6 Å². The van der Waals surface area contributed by atoms with Gasteiger partial charge in [0.05, 0.1) is 10.6 Å². The van der Waals surface area contributed by atoms with E-state index in [4.69, 9.17) is 11.6 Å². The number of halogens is 2. The number of fused-ring (bicyclic) bond motifs is 2. The Morgan fingerprint density at radius 3 is 2.39 bits per heavy atom. The summed E-state index contributed by atoms with van der Waals surface area (Å²) >= 11 is 6.30. The summed E-state index contributed by atoms with van der Waals surface area (Å²) in [5.41, 5.74) is 3.36. The van der Waals surface area contributed by atoms with Crippen LogP contribution in [0.5, 0.6) is 0 Å². The fraction of sp³-hybridized carbons (Fsp3) is 0.387. The van der Waals surface area contributed by atoms with Crippen molar-refractivity contribution in [1.82, 2.24) is 4.90 Å². The van der Waals surface area contributed by atoms with E-state index in [-0.39, 0.29) is 17.1 Å². The first-order chi connectivity index (χ1) is 17.3. The second-order valence-corrected chi connectivity index (χ2v) is 9.47. The van der Waals surface area contributed by atoms with Gasteiger partial charge in [-0.3, -0.25) is 4.79 Å². The number of carbonyl (C=O) groups is 1. The molecule has 1 saturated heterocycles. The average molecular weight is 511 g/mol. The summed E-state index contributed by atoms with van der Waals surface area (Å²) in [4.78, 5) is 17.6. The molecule has 0 aromatic heterocycles. The molecule has 0 saturated carbocycles. The highest BCUT2D eigenvalue weighted by Gasteiger charge is 2.46. The quantitative estimate of drug-likeness (QED) is 0.299. The van der Waals surface area contributed by atoms with E-state index in [0.717, 1.165) is 50.1 Å². The van der Waals surface area contributed by atoms with E-state index in [2.05, 4.69) is 31.1 Å². The smallest absolute Gasteiger partial charge is 0.259 e. The molecule has 2 aliphatic rings. The van der Waals surface area contributed by atoms with Crippen LogP contribution >= 0.6 is 11.6 Å². The number of nitrogens with zero attached hydrogens (tertiary/aromatic N) is 2. The van der Waals surface area contributed by atoms with Gasteiger partial charge in [-0.15, -0.1) is 6.58 Å². The van der Waals surface area contributed by atoms with Crippen molar-refractivity contribution in [2.75, 3.05) is 31.1 Å². The molecule has 2 aromatic rings. The maximum Gasteiger partial charge on any atom is 0.259 e. The van der Waals surface area contributed by atoms with Crippen LogP contribution in [0.4, 0.5) is 10.1 Å². The second-order valence-electron chi connectivity index (χ2n) is 9.06. The van der Waals surface area contributed by atoms with Gasteiger partial charge in [0.25, 0.3) is 5.91 Å². The Morgan fingerprint density at radius 2 is 1.78 bits per heavy atom. The molecule has 1 spiro atoms. The van der Waals surface area contributed by atoms with Crippen LogP contribution in [0.1, 0.15) is 62.9 Å². The molecule has 0 aliphatic carbocycles. The largest absolute Gasteiger partial charge is 0.307 e. The van der Waals surface area contributed by atoms with E-state index < -0.39 is 0 Å². The molecule has 0 radical (unpaired) electrons. The summed E-state index contributed by atoms with van der Waals surface area (Å²) in [6.45, 7) is 18.6. The number of likely N-dealkylation sites (tertiary alicyclic amines) is 1. The highest BCUT2D eigenvalue weighted by atomic mass is 35.5. The van der Waals surface area contributed by atoms with Gasteiger partial charge >= 0.3 is 0 Å². The van der Waals surface area contributed by atoms with Gasteiger partial charge in [0.2, 0.25) is 0 Å². The van der Waals surface area contributed by atoms with E-state index in [0.29, 0.717) is 17.1 Å². The number of anilines is 1. The maximum absolute atomic E-state index is 14.2. The zero-order valence-corrected chi connectivity index (χ0v) is 23.0. The van der Waals surface area contributed by atoms with Crippen molar-refractivity contribution in [3.8, 4) is 0 Å². The first kappa shape index (κ1) is 29.5. The molecule has 1 fully saturated rings. The Bertz CT molecular complexity index is 1070. The third kappa shape index (κ3) is 6.96. The van der Waals surface area contributed by atoms with Crippen LogP contribution < -0.4 is 4.90 Å². The van der Waals surface area contributed by atoms with Crippen molar-refractivity contribution < 1.29 is 9.18 Å². The van der Waals surface area contributed by atoms with Gasteiger partial charge in [0.1, 0.15) is 5.82 Å². The molecule has 5 heteroatoms. The SMILES string of the molecule is C=C/C=C(\C)CCN1CCC2(CC1)CN(C(=O)c1ccccc1Cl)c1ccc(F)cc12.C=CC.CC. The molecular formula is C31H40ClFN2O. The molecule has 36 heavy (non-hydrogen) atoms. The minimum atomic E-state index is -0.252. The van der Waals surface area contributed by atoms with Crippen molar-refractivity contribution in [3.63, 3.8) is 0 Å². The number of amides is 1. The number of allylic oxidation sites excluding steroid dienone is 3. The van der Waals surface area contributed by atoms with Crippen LogP contribution in [0, 0.1) is 5.82 Å². The number of piperidine rings is 1. The molecule has 0 atom stereocenters. The number of rotatable bonds is 5. The monoisotopic (exact) mass is 510 g/mol. The van der Waals surface area contributed by atoms with Crippen LogP contribution in [0.25, 0.3) is 0 Å². The van der Waals surface area contributed by atoms with E-state index in [1.54, 1.807) is 35.2 Å². The molecule has 3 nitrogen and oxygen atoms in total. The Morgan fingerprint density at radius 1 is 1.14 bits per heavy atom. The number of benzene rings is 2. The van der Waals surface area contributed by atoms with E-state index in [9.17, 15) is 9.18 Å². The fourth-order valence-electron chi connectivity index (χ4n) is 4.85. The van der Waals surface area contributed by atoms with Gasteiger partial charge in [-0.05, 0) is 82.1 Å². The van der Waals surface area contributed by atoms with Crippen LogP contribution in [0.2, 0.25) is 5.02 Å². The molecule has 2 aromatic carbocycles. The number of hydrogen-bond donors (Lipinski definition) is 0. The van der Waals surface area contributed by atoms with Crippen LogP contribution in [-0.4, -0.2) is 37.0 Å². The lowest BCUT2D eigenvalue weighted by atomic mass is 9.74. The third-order valence-electron chi connectivity index (χ3n) is 6.67. The van der Waals surface area contributed by atoms with E-state index >= 15 is 0 Å². The Hall–Kier alpha value is -2.69. The maximum atomic E-state index is 14.2. The molecule has 0 N–H and O–H groups in total. The van der Waals surface area contributed by atoms with Crippen LogP contribution in [0.3, 0.4) is 0 Å². The minimum absolute atomic E-state index is 0.122. The molecule has 2 heterocycles. The van der Waals surface area contributed by atoms with Crippen LogP contribution in [0.15, 0.2) is 79.4 Å². The molecular weight excluding hydrogens is 471 g/mol. The van der Waals surface area contributed by atoms with Gasteiger partial charge in [0, 0.05) is 24.2 Å². The summed E-state index contributed by atoms with van der Waals surface area (Å²) in [6.07, 6.45) is 8.45. The predicted molar refractivity (Wildman–Crippen MR) is 153 cm³/mol. The lowest BCUT2D eigenvalue weighted by Crippen LogP contribution is -2.46. The number of hydrogen-bond acceptors (Lipinski definition) is 2. The molecule has 0 bridgehead atoms. The Kier molecular flexibility index (Phi) is 11.6. The van der Waals surface area contributed by atoms with Gasteiger partial charge < -0.3 is 9.80 Å². The van der Waals surface area contributed by atoms with Gasteiger partial charge in [0.15, 0.2) is 0 Å². The summed E-state index contributed by atoms with van der Waals surface area (Å²) in [6, 6.07) is 11.9. The van der Waals surface area contributed by atoms with Gasteiger partial charge in [-0.2, -0.15) is 0 Å². The first-order valence-corrected chi connectivity index (χ1v) is 13.2. The first-order valence-electron chi connectivity index (χ1n) is 12.8. The summed E-state index contributed by atoms with van der Waals surface area (Å²) in [5.74, 6) is -0.374. The van der Waals surface area contributed by atoms with Gasteiger partial charge in [-0.25, -0.2) is 4.39 Å². The Balaban J connectivity index is 0.000000850. The van der Waals surface area contributed by atoms with Crippen molar-refractivity contribution >= 4 is 23.2 Å². The minimum Gasteiger partial charge on any atom is -0.307 e. The summed E-state index contributed by atoms with van der Waals surface area (Å²) < 4.78 is 14.2. The molecule has 4 rings (SSSR count). The van der Waals surface area contributed by atoms with Crippen molar-refractivity contribution in [2.24, 2.45) is 0 Å². The molecule has 1 amide bonds. The molecule has 2 aliphatic heterocycles. The lowest BCUT2D eigenvalue weighted by Gasteiger charge is -2.40. The molecule has 0 unspecified atom stereocenters. The highest BCUT2D eigenvalue weighted by molar-refractivity contribution is 6.34. The second kappa shape index (κ2) is 14.2. The normalized spacial score (nSPS) is 16.3. The molecule has 194 valence electrons. The average Bonchev–Trinajstić information content (AvgIpc) is 3.18. The fourth-order valence-corrected chi connectivity index (χ4v) is 5.07. The lowest BCUT2D eigenvalue weighted by molar-refractivity contribution is 0.0976. The Labute approximate surface area is 222 Å². The summed E-state index contributed by atoms with van der Waals surface area (Å²) in [7, 11) is 0. The van der Waals surface area contributed by atoms with Crippen molar-refractivity contribution in [2.45, 2.75) is 52.4 Å². The third-order valence-corrected chi connectivity index (χ3v) is 7.00.